The Hall–Kier alpha value is -0.820. The molecule has 0 aliphatic rings. The monoisotopic (exact) mass is 214 g/mol. The molecule has 0 bridgehead atoms. The molecular weight excluding hydrogens is 208 g/mol. The predicted molar refractivity (Wildman–Crippen MR) is 43.0 cm³/mol. The number of hydrogen-bond donors (Lipinski definition) is 0. The van der Waals surface area contributed by atoms with E-state index in [0.717, 1.165) is 5.76 Å². The van der Waals surface area contributed by atoms with E-state index in [-0.39, 0.29) is 5.92 Å². The van der Waals surface area contributed by atoms with Gasteiger partial charge in [0, 0.05) is 5.92 Å². The minimum Gasteiger partial charge on any atom is -0.359 e. The highest BCUT2D eigenvalue weighted by molar-refractivity contribution is 9.10. The standard InChI is InChI=1S/C7H7BrN2O/c1-4(2)7-6(8)5(3-9)10-11-7/h4H,1-2H3. The van der Waals surface area contributed by atoms with Gasteiger partial charge in [-0.1, -0.05) is 19.0 Å². The van der Waals surface area contributed by atoms with Crippen LogP contribution in [0.1, 0.15) is 31.2 Å². The third-order valence-electron chi connectivity index (χ3n) is 1.29. The second kappa shape index (κ2) is 3.05. The van der Waals surface area contributed by atoms with Gasteiger partial charge in [0.15, 0.2) is 11.5 Å². The van der Waals surface area contributed by atoms with Gasteiger partial charge in [-0.25, -0.2) is 0 Å². The summed E-state index contributed by atoms with van der Waals surface area (Å²) in [4.78, 5) is 0. The van der Waals surface area contributed by atoms with E-state index in [9.17, 15) is 0 Å². The fraction of sp³-hybridized carbons (Fsp3) is 0.429. The molecular formula is C7H7BrN2O. The van der Waals surface area contributed by atoms with Gasteiger partial charge in [-0.2, -0.15) is 5.26 Å². The first-order valence-electron chi connectivity index (χ1n) is 3.22. The molecule has 1 rings (SSSR count). The molecule has 0 amide bonds. The molecule has 4 heteroatoms. The Labute approximate surface area is 73.1 Å². The largest absolute Gasteiger partial charge is 0.359 e. The lowest BCUT2D eigenvalue weighted by Crippen LogP contribution is -1.83. The van der Waals surface area contributed by atoms with Gasteiger partial charge in [0.25, 0.3) is 0 Å². The number of halogens is 1. The van der Waals surface area contributed by atoms with Crippen LogP contribution in [0.4, 0.5) is 0 Å². The Balaban J connectivity index is 3.13. The quantitative estimate of drug-likeness (QED) is 0.722. The molecule has 1 aromatic rings. The van der Waals surface area contributed by atoms with Gasteiger partial charge in [0.2, 0.25) is 0 Å². The van der Waals surface area contributed by atoms with Crippen LogP contribution in [-0.2, 0) is 0 Å². The molecule has 3 nitrogen and oxygen atoms in total. The summed E-state index contributed by atoms with van der Waals surface area (Å²) in [5, 5.41) is 12.1. The van der Waals surface area contributed by atoms with Crippen LogP contribution in [0.3, 0.4) is 0 Å². The maximum atomic E-state index is 8.51. The van der Waals surface area contributed by atoms with Crippen molar-refractivity contribution < 1.29 is 4.52 Å². The highest BCUT2D eigenvalue weighted by atomic mass is 79.9. The average molecular weight is 215 g/mol. The van der Waals surface area contributed by atoms with Crippen molar-refractivity contribution in [1.82, 2.24) is 5.16 Å². The Morgan fingerprint density at radius 2 is 2.27 bits per heavy atom. The fourth-order valence-electron chi connectivity index (χ4n) is 0.720. The number of aromatic nitrogens is 1. The van der Waals surface area contributed by atoms with Crippen molar-refractivity contribution in [2.45, 2.75) is 19.8 Å². The Kier molecular flexibility index (Phi) is 2.30. The Morgan fingerprint density at radius 1 is 1.64 bits per heavy atom. The third kappa shape index (κ3) is 1.43. The lowest BCUT2D eigenvalue weighted by Gasteiger charge is -1.96. The van der Waals surface area contributed by atoms with Crippen molar-refractivity contribution >= 4 is 15.9 Å². The van der Waals surface area contributed by atoms with E-state index in [1.807, 2.05) is 19.9 Å². The minimum atomic E-state index is 0.249. The van der Waals surface area contributed by atoms with E-state index in [4.69, 9.17) is 9.78 Å². The normalized spacial score (nSPS) is 10.1. The third-order valence-corrected chi connectivity index (χ3v) is 2.06. The van der Waals surface area contributed by atoms with Crippen molar-refractivity contribution in [3.8, 4) is 6.07 Å². The SMILES string of the molecule is CC(C)c1onc(C#N)c1Br. The topological polar surface area (TPSA) is 49.8 Å². The number of nitriles is 1. The number of rotatable bonds is 1. The van der Waals surface area contributed by atoms with Crippen LogP contribution in [0.25, 0.3) is 0 Å². The summed E-state index contributed by atoms with van der Waals surface area (Å²) in [5.41, 5.74) is 0.314. The smallest absolute Gasteiger partial charge is 0.197 e. The molecule has 11 heavy (non-hydrogen) atoms. The molecule has 0 aromatic carbocycles. The lowest BCUT2D eigenvalue weighted by molar-refractivity contribution is 0.369. The molecule has 1 aromatic heterocycles. The van der Waals surface area contributed by atoms with E-state index in [2.05, 4.69) is 21.1 Å². The van der Waals surface area contributed by atoms with Crippen molar-refractivity contribution in [2.24, 2.45) is 0 Å². The highest BCUT2D eigenvalue weighted by Gasteiger charge is 2.15. The van der Waals surface area contributed by atoms with E-state index < -0.39 is 0 Å². The summed E-state index contributed by atoms with van der Waals surface area (Å²) < 4.78 is 5.60. The maximum absolute atomic E-state index is 8.51. The predicted octanol–water partition coefficient (Wildman–Crippen LogP) is 2.43. The summed E-state index contributed by atoms with van der Waals surface area (Å²) >= 11 is 3.23. The van der Waals surface area contributed by atoms with Gasteiger partial charge >= 0.3 is 0 Å². The van der Waals surface area contributed by atoms with Crippen molar-refractivity contribution in [1.29, 1.82) is 5.26 Å². The van der Waals surface area contributed by atoms with Crippen LogP contribution in [0.5, 0.6) is 0 Å². The zero-order valence-corrected chi connectivity index (χ0v) is 7.84. The van der Waals surface area contributed by atoms with Crippen LogP contribution in [-0.4, -0.2) is 5.16 Å². The van der Waals surface area contributed by atoms with Crippen molar-refractivity contribution in [3.05, 3.63) is 15.9 Å². The van der Waals surface area contributed by atoms with Gasteiger partial charge in [-0.3, -0.25) is 0 Å². The van der Waals surface area contributed by atoms with Gasteiger partial charge in [0.1, 0.15) is 6.07 Å². The second-order valence-corrected chi connectivity index (χ2v) is 3.27. The molecule has 0 N–H and O–H groups in total. The average Bonchev–Trinajstić information content (AvgIpc) is 2.30. The first kappa shape index (κ1) is 8.28. The molecule has 0 fully saturated rings. The molecule has 0 atom stereocenters. The van der Waals surface area contributed by atoms with Crippen LogP contribution in [0, 0.1) is 11.3 Å². The molecule has 0 unspecified atom stereocenters. The molecule has 58 valence electrons. The summed E-state index contributed by atoms with van der Waals surface area (Å²) in [6.45, 7) is 3.96. The minimum absolute atomic E-state index is 0.249. The van der Waals surface area contributed by atoms with E-state index in [1.165, 1.54) is 0 Å². The van der Waals surface area contributed by atoms with Crippen LogP contribution >= 0.6 is 15.9 Å². The van der Waals surface area contributed by atoms with Crippen LogP contribution in [0.15, 0.2) is 9.00 Å². The van der Waals surface area contributed by atoms with Gasteiger partial charge in [0.05, 0.1) is 4.47 Å². The zero-order valence-electron chi connectivity index (χ0n) is 6.26. The molecule has 1 heterocycles. The number of nitrogens with zero attached hydrogens (tertiary/aromatic N) is 2. The summed E-state index contributed by atoms with van der Waals surface area (Å²) in [7, 11) is 0. The highest BCUT2D eigenvalue weighted by Crippen LogP contribution is 2.26. The summed E-state index contributed by atoms with van der Waals surface area (Å²) in [5.74, 6) is 0.973. The summed E-state index contributed by atoms with van der Waals surface area (Å²) in [6, 6.07) is 1.92. The first-order chi connectivity index (χ1) is 5.16. The van der Waals surface area contributed by atoms with Gasteiger partial charge in [-0.05, 0) is 15.9 Å². The van der Waals surface area contributed by atoms with Gasteiger partial charge < -0.3 is 4.52 Å². The molecule has 0 spiro atoms. The second-order valence-electron chi connectivity index (χ2n) is 2.48. The number of hydrogen-bond acceptors (Lipinski definition) is 3. The molecule has 0 saturated heterocycles. The van der Waals surface area contributed by atoms with Crippen molar-refractivity contribution in [3.63, 3.8) is 0 Å². The van der Waals surface area contributed by atoms with E-state index in [0.29, 0.717) is 10.2 Å². The van der Waals surface area contributed by atoms with Crippen molar-refractivity contribution in [2.75, 3.05) is 0 Å². The first-order valence-corrected chi connectivity index (χ1v) is 4.01. The lowest BCUT2D eigenvalue weighted by atomic mass is 10.1. The van der Waals surface area contributed by atoms with E-state index >= 15 is 0 Å². The van der Waals surface area contributed by atoms with Crippen LogP contribution in [0.2, 0.25) is 0 Å². The zero-order chi connectivity index (χ0) is 8.43. The fourth-order valence-corrected chi connectivity index (χ4v) is 1.41. The van der Waals surface area contributed by atoms with E-state index in [1.54, 1.807) is 0 Å². The Morgan fingerprint density at radius 3 is 2.55 bits per heavy atom. The molecule has 0 aliphatic heterocycles. The summed E-state index contributed by atoms with van der Waals surface area (Å²) in [6.07, 6.45) is 0. The van der Waals surface area contributed by atoms with Gasteiger partial charge in [-0.15, -0.1) is 0 Å². The molecule has 0 saturated carbocycles. The molecule has 0 radical (unpaired) electrons. The van der Waals surface area contributed by atoms with Crippen LogP contribution < -0.4 is 0 Å². The maximum Gasteiger partial charge on any atom is 0.197 e. The molecule has 0 aliphatic carbocycles. The Bertz CT molecular complexity index is 298.